The van der Waals surface area contributed by atoms with Crippen LogP contribution in [0, 0.1) is 6.92 Å². The van der Waals surface area contributed by atoms with E-state index >= 15 is 0 Å². The highest BCUT2D eigenvalue weighted by atomic mass is 32.2. The van der Waals surface area contributed by atoms with Gasteiger partial charge in [-0.2, -0.15) is 0 Å². The molecule has 1 unspecified atom stereocenters. The first-order valence-corrected chi connectivity index (χ1v) is 11.3. The molecule has 1 atom stereocenters. The molecule has 0 aliphatic heterocycles. The first-order valence-electron chi connectivity index (χ1n) is 9.54. The highest BCUT2D eigenvalue weighted by molar-refractivity contribution is 7.99. The molecule has 4 rings (SSSR count). The van der Waals surface area contributed by atoms with Crippen LogP contribution in [-0.4, -0.2) is 33.1 Å². The van der Waals surface area contributed by atoms with Crippen LogP contribution in [0.1, 0.15) is 28.8 Å². The van der Waals surface area contributed by atoms with E-state index in [0.29, 0.717) is 10.9 Å². The average Bonchev–Trinajstić information content (AvgIpc) is 3.06. The number of rotatable bonds is 6. The molecule has 1 aliphatic carbocycles. The molecule has 0 bridgehead atoms. The summed E-state index contributed by atoms with van der Waals surface area (Å²) in [7, 11) is 1.76. The highest BCUT2D eigenvalue weighted by Crippen LogP contribution is 2.34. The van der Waals surface area contributed by atoms with Crippen LogP contribution in [0.4, 0.5) is 0 Å². The number of nitrogens with zero attached hydrogens (tertiary/aromatic N) is 2. The van der Waals surface area contributed by atoms with E-state index in [1.165, 1.54) is 28.6 Å². The first-order chi connectivity index (χ1) is 13.5. The Morgan fingerprint density at radius 3 is 3.00 bits per heavy atom. The molecule has 3 aromatic rings. The topological polar surface area (TPSA) is 64.3 Å². The third kappa shape index (κ3) is 3.97. The Hall–Kier alpha value is -1.83. The number of fused-ring (bicyclic) bond motifs is 3. The van der Waals surface area contributed by atoms with Crippen LogP contribution in [0.15, 0.2) is 34.2 Å². The van der Waals surface area contributed by atoms with Crippen LogP contribution in [0.25, 0.3) is 10.2 Å². The lowest BCUT2D eigenvalue weighted by molar-refractivity contribution is 0.126. The van der Waals surface area contributed by atoms with Crippen molar-refractivity contribution in [3.05, 3.63) is 50.6 Å². The van der Waals surface area contributed by atoms with Crippen LogP contribution in [0.3, 0.4) is 0 Å². The summed E-state index contributed by atoms with van der Waals surface area (Å²) in [5.74, 6) is 1.17. The number of hydrogen-bond donors (Lipinski definition) is 1. The Bertz CT molecular complexity index is 1060. The number of aliphatic hydroxyl groups excluding tert-OH is 1. The molecule has 1 aromatic carbocycles. The van der Waals surface area contributed by atoms with Gasteiger partial charge in [-0.25, -0.2) is 4.98 Å². The molecular weight excluding hydrogens is 392 g/mol. The predicted molar refractivity (Wildman–Crippen MR) is 115 cm³/mol. The maximum atomic E-state index is 12.9. The van der Waals surface area contributed by atoms with Gasteiger partial charge in [0.1, 0.15) is 17.2 Å². The zero-order valence-electron chi connectivity index (χ0n) is 16.1. The van der Waals surface area contributed by atoms with Crippen LogP contribution < -0.4 is 10.3 Å². The van der Waals surface area contributed by atoms with Crippen LogP contribution in [0.2, 0.25) is 0 Å². The Balaban J connectivity index is 1.46. The van der Waals surface area contributed by atoms with E-state index in [4.69, 9.17) is 9.72 Å². The quantitative estimate of drug-likeness (QED) is 0.490. The van der Waals surface area contributed by atoms with Gasteiger partial charge in [0, 0.05) is 17.7 Å². The monoisotopic (exact) mass is 416 g/mol. The second-order valence-corrected chi connectivity index (χ2v) is 9.31. The van der Waals surface area contributed by atoms with Crippen molar-refractivity contribution >= 4 is 33.3 Å². The van der Waals surface area contributed by atoms with Crippen molar-refractivity contribution in [2.24, 2.45) is 7.05 Å². The first kappa shape index (κ1) is 19.5. The van der Waals surface area contributed by atoms with Gasteiger partial charge in [-0.15, -0.1) is 11.3 Å². The average molecular weight is 417 g/mol. The van der Waals surface area contributed by atoms with Gasteiger partial charge in [0.15, 0.2) is 5.16 Å². The summed E-state index contributed by atoms with van der Waals surface area (Å²) in [4.78, 5) is 19.8. The fraction of sp³-hybridized carbons (Fsp3) is 0.429. The molecule has 7 heteroatoms. The smallest absolute Gasteiger partial charge is 0.262 e. The maximum absolute atomic E-state index is 12.9. The molecular formula is C21H24N2O3S2. The third-order valence-corrected chi connectivity index (χ3v) is 7.35. The highest BCUT2D eigenvalue weighted by Gasteiger charge is 2.21. The van der Waals surface area contributed by atoms with Gasteiger partial charge in [0.2, 0.25) is 0 Å². The Labute approximate surface area is 172 Å². The van der Waals surface area contributed by atoms with Crippen molar-refractivity contribution in [1.29, 1.82) is 0 Å². The van der Waals surface area contributed by atoms with E-state index in [1.54, 1.807) is 23.0 Å². The number of aliphatic hydroxyl groups is 1. The minimum absolute atomic E-state index is 0.0254. The summed E-state index contributed by atoms with van der Waals surface area (Å²) < 4.78 is 7.28. The molecule has 1 aliphatic rings. The van der Waals surface area contributed by atoms with Crippen molar-refractivity contribution in [2.75, 3.05) is 12.4 Å². The van der Waals surface area contributed by atoms with E-state index in [9.17, 15) is 9.90 Å². The zero-order valence-corrected chi connectivity index (χ0v) is 17.7. The lowest BCUT2D eigenvalue weighted by Crippen LogP contribution is -2.23. The van der Waals surface area contributed by atoms with E-state index in [1.807, 2.05) is 31.2 Å². The van der Waals surface area contributed by atoms with E-state index < -0.39 is 6.10 Å². The number of ether oxygens (including phenoxy) is 1. The fourth-order valence-corrected chi connectivity index (χ4v) is 5.69. The summed E-state index contributed by atoms with van der Waals surface area (Å²) in [6.45, 7) is 2.21. The molecule has 28 heavy (non-hydrogen) atoms. The number of thioether (sulfide) groups is 1. The number of aryl methyl sites for hydroxylation is 3. The third-order valence-electron chi connectivity index (χ3n) is 4.99. The normalized spacial score (nSPS) is 14.8. The number of thiophene rings is 1. The summed E-state index contributed by atoms with van der Waals surface area (Å²) in [5.41, 5.74) is 2.35. The van der Waals surface area contributed by atoms with E-state index in [-0.39, 0.29) is 12.2 Å². The lowest BCUT2D eigenvalue weighted by atomic mass is 9.97. The van der Waals surface area contributed by atoms with Gasteiger partial charge in [-0.1, -0.05) is 23.9 Å². The van der Waals surface area contributed by atoms with Gasteiger partial charge in [0.05, 0.1) is 11.5 Å². The standard InChI is InChI=1S/C21H24N2O3S2/c1-13-6-5-7-15(10-13)26-11-14(24)12-27-21-22-19-18(20(25)23(21)2)16-8-3-4-9-17(16)28-19/h5-7,10,14,24H,3-4,8-9,11-12H2,1-2H3. The minimum Gasteiger partial charge on any atom is -0.491 e. The molecule has 1 N–H and O–H groups in total. The zero-order chi connectivity index (χ0) is 19.7. The van der Waals surface area contributed by atoms with Crippen molar-refractivity contribution in [3.63, 3.8) is 0 Å². The largest absolute Gasteiger partial charge is 0.491 e. The Morgan fingerprint density at radius 1 is 1.36 bits per heavy atom. The van der Waals surface area contributed by atoms with Crippen LogP contribution >= 0.6 is 23.1 Å². The van der Waals surface area contributed by atoms with Gasteiger partial charge in [-0.05, 0) is 55.9 Å². The minimum atomic E-state index is -0.644. The van der Waals surface area contributed by atoms with Crippen molar-refractivity contribution in [3.8, 4) is 5.75 Å². The van der Waals surface area contributed by atoms with E-state index in [2.05, 4.69) is 0 Å². The van der Waals surface area contributed by atoms with Gasteiger partial charge >= 0.3 is 0 Å². The lowest BCUT2D eigenvalue weighted by Gasteiger charge is -2.13. The van der Waals surface area contributed by atoms with E-state index in [0.717, 1.165) is 40.8 Å². The summed E-state index contributed by atoms with van der Waals surface area (Å²) in [5, 5.41) is 11.7. The molecule has 0 fully saturated rings. The summed E-state index contributed by atoms with van der Waals surface area (Å²) >= 11 is 3.05. The Kier molecular flexibility index (Phi) is 5.75. The Morgan fingerprint density at radius 2 is 2.18 bits per heavy atom. The molecule has 0 saturated heterocycles. The van der Waals surface area contributed by atoms with Crippen LogP contribution in [0.5, 0.6) is 5.75 Å². The van der Waals surface area contributed by atoms with Gasteiger partial charge in [0.25, 0.3) is 5.56 Å². The molecule has 0 amide bonds. The van der Waals surface area contributed by atoms with Gasteiger partial charge in [-0.3, -0.25) is 9.36 Å². The molecule has 0 saturated carbocycles. The molecule has 2 heterocycles. The number of hydrogen-bond acceptors (Lipinski definition) is 6. The molecule has 2 aromatic heterocycles. The van der Waals surface area contributed by atoms with Gasteiger partial charge < -0.3 is 9.84 Å². The predicted octanol–water partition coefficient (Wildman–Crippen LogP) is 3.71. The number of aromatic nitrogens is 2. The van der Waals surface area contributed by atoms with Crippen molar-refractivity contribution in [1.82, 2.24) is 9.55 Å². The molecule has 5 nitrogen and oxygen atoms in total. The summed E-state index contributed by atoms with van der Waals surface area (Å²) in [6, 6.07) is 7.76. The maximum Gasteiger partial charge on any atom is 0.262 e. The fourth-order valence-electron chi connectivity index (χ4n) is 3.51. The SMILES string of the molecule is Cc1cccc(OCC(O)CSc2nc3sc4c(c3c(=O)n2C)CCCC4)c1. The molecule has 0 spiro atoms. The second-order valence-electron chi connectivity index (χ2n) is 7.24. The molecule has 148 valence electrons. The number of benzene rings is 1. The van der Waals surface area contributed by atoms with Crippen molar-refractivity contribution in [2.45, 2.75) is 43.9 Å². The summed E-state index contributed by atoms with van der Waals surface area (Å²) in [6.07, 6.45) is 3.72. The second kappa shape index (κ2) is 8.27. The van der Waals surface area contributed by atoms with Crippen LogP contribution in [-0.2, 0) is 19.9 Å². The van der Waals surface area contributed by atoms with Crippen molar-refractivity contribution < 1.29 is 9.84 Å². The molecule has 0 radical (unpaired) electrons.